The number of ether oxygens (including phenoxy) is 2. The van der Waals surface area contributed by atoms with Crippen LogP contribution in [-0.4, -0.2) is 32.4 Å². The van der Waals surface area contributed by atoms with E-state index >= 15 is 0 Å². The number of hydrogen-bond donors (Lipinski definition) is 1. The van der Waals surface area contributed by atoms with Crippen LogP contribution in [0.3, 0.4) is 0 Å². The number of fused-ring (bicyclic) bond motifs is 1. The van der Waals surface area contributed by atoms with Gasteiger partial charge in [0.2, 0.25) is 0 Å². The summed E-state index contributed by atoms with van der Waals surface area (Å²) in [6.45, 7) is 0. The molecule has 1 N–H and O–H groups in total. The Labute approximate surface area is 216 Å². The van der Waals surface area contributed by atoms with Crippen LogP contribution in [0, 0.1) is 0 Å². The normalized spacial score (nSPS) is 11.4. The van der Waals surface area contributed by atoms with Gasteiger partial charge >= 0.3 is 0 Å². The molecule has 9 nitrogen and oxygen atoms in total. The van der Waals surface area contributed by atoms with Gasteiger partial charge in [-0.1, -0.05) is 22.8 Å². The molecular weight excluding hydrogens is 518 g/mol. The molecule has 3 aromatic carbocycles. The third-order valence-electron chi connectivity index (χ3n) is 5.71. The topological polar surface area (TPSA) is 113 Å². The van der Waals surface area contributed by atoms with Gasteiger partial charge in [0.25, 0.3) is 15.6 Å². The lowest BCUT2D eigenvalue weighted by Gasteiger charge is -2.16. The van der Waals surface area contributed by atoms with Crippen LogP contribution in [0.5, 0.6) is 11.5 Å². The second-order valence-electron chi connectivity index (χ2n) is 7.98. The summed E-state index contributed by atoms with van der Waals surface area (Å²) in [6, 6.07) is 19.6. The average Bonchev–Trinajstić information content (AvgIpc) is 3.40. The Morgan fingerprint density at radius 2 is 1.76 bits per heavy atom. The van der Waals surface area contributed by atoms with Crippen LogP contribution in [-0.2, 0) is 10.0 Å². The van der Waals surface area contributed by atoms with Crippen LogP contribution in [0.1, 0.15) is 0 Å². The van der Waals surface area contributed by atoms with Gasteiger partial charge in [0.1, 0.15) is 17.8 Å². The van der Waals surface area contributed by atoms with E-state index in [-0.39, 0.29) is 16.3 Å². The lowest BCUT2D eigenvalue weighted by molar-refractivity contribution is 0.413. The average molecular weight is 538 g/mol. The zero-order valence-corrected chi connectivity index (χ0v) is 21.2. The molecule has 0 aliphatic rings. The fourth-order valence-electron chi connectivity index (χ4n) is 3.99. The summed E-state index contributed by atoms with van der Waals surface area (Å²) in [5, 5.41) is 4.63. The van der Waals surface area contributed by atoms with E-state index < -0.39 is 10.0 Å². The maximum absolute atomic E-state index is 13.0. The quantitative estimate of drug-likeness (QED) is 0.306. The molecule has 188 valence electrons. The zero-order valence-electron chi connectivity index (χ0n) is 19.6. The van der Waals surface area contributed by atoms with Crippen molar-refractivity contribution in [3.63, 3.8) is 0 Å². The number of halogens is 1. The standard InChI is InChI=1S/C26H20ClN3O6S/c1-34-20-12-18(11-19(27)15-20)16-3-6-23(24(14-16)35-2)30-22-7-5-21(13-17(22)4-8-26(30)31)37(32,33)29-25-9-10-36-28-25/h3-15H,1-2H3,(H,28,29). The highest BCUT2D eigenvalue weighted by molar-refractivity contribution is 7.92. The van der Waals surface area contributed by atoms with E-state index in [1.807, 2.05) is 12.1 Å². The van der Waals surface area contributed by atoms with Crippen LogP contribution < -0.4 is 19.8 Å². The van der Waals surface area contributed by atoms with E-state index in [0.717, 1.165) is 11.1 Å². The lowest BCUT2D eigenvalue weighted by Crippen LogP contribution is -2.18. The third-order valence-corrected chi connectivity index (χ3v) is 7.28. The minimum absolute atomic E-state index is 0.00501. The van der Waals surface area contributed by atoms with E-state index in [9.17, 15) is 13.2 Å². The van der Waals surface area contributed by atoms with Gasteiger partial charge in [-0.2, -0.15) is 0 Å². The Morgan fingerprint density at radius 1 is 0.919 bits per heavy atom. The first kappa shape index (κ1) is 24.4. The van der Waals surface area contributed by atoms with Crippen LogP contribution >= 0.6 is 11.6 Å². The van der Waals surface area contributed by atoms with Gasteiger partial charge in [-0.25, -0.2) is 8.42 Å². The maximum atomic E-state index is 13.0. The molecule has 0 atom stereocenters. The smallest absolute Gasteiger partial charge is 0.263 e. The number of hydrogen-bond acceptors (Lipinski definition) is 7. The number of aromatic nitrogens is 2. The van der Waals surface area contributed by atoms with E-state index in [1.165, 1.54) is 42.2 Å². The van der Waals surface area contributed by atoms with Crippen molar-refractivity contribution in [2.45, 2.75) is 4.90 Å². The molecule has 0 bridgehead atoms. The Balaban J connectivity index is 1.60. The summed E-state index contributed by atoms with van der Waals surface area (Å²) in [6.07, 6.45) is 1.26. The first-order chi connectivity index (χ1) is 17.8. The fourth-order valence-corrected chi connectivity index (χ4v) is 5.24. The molecule has 0 aliphatic carbocycles. The van der Waals surface area contributed by atoms with Crippen LogP contribution in [0.25, 0.3) is 27.7 Å². The van der Waals surface area contributed by atoms with Crippen molar-refractivity contribution in [1.82, 2.24) is 9.72 Å². The van der Waals surface area contributed by atoms with Gasteiger partial charge in [-0.05, 0) is 65.7 Å². The van der Waals surface area contributed by atoms with Gasteiger partial charge in [0.05, 0.1) is 30.3 Å². The fraction of sp³-hybridized carbons (Fsp3) is 0.0769. The summed E-state index contributed by atoms with van der Waals surface area (Å²) in [4.78, 5) is 13.0. The number of nitrogens with one attached hydrogen (secondary N) is 1. The van der Waals surface area contributed by atoms with Crippen molar-refractivity contribution in [2.75, 3.05) is 18.9 Å². The number of rotatable bonds is 7. The van der Waals surface area contributed by atoms with Crippen molar-refractivity contribution in [3.8, 4) is 28.3 Å². The highest BCUT2D eigenvalue weighted by atomic mass is 35.5. The van der Waals surface area contributed by atoms with E-state index in [2.05, 4.69) is 14.4 Å². The van der Waals surface area contributed by atoms with E-state index in [1.54, 1.807) is 43.5 Å². The number of nitrogens with zero attached hydrogens (tertiary/aromatic N) is 2. The van der Waals surface area contributed by atoms with Gasteiger partial charge < -0.3 is 14.0 Å². The van der Waals surface area contributed by atoms with Crippen molar-refractivity contribution in [2.24, 2.45) is 0 Å². The molecule has 0 spiro atoms. The SMILES string of the molecule is COc1cc(Cl)cc(-c2ccc(-n3c(=O)ccc4cc(S(=O)(=O)Nc5ccon5)ccc43)c(OC)c2)c1. The summed E-state index contributed by atoms with van der Waals surface area (Å²) >= 11 is 6.24. The number of anilines is 1. The predicted molar refractivity (Wildman–Crippen MR) is 140 cm³/mol. The molecule has 0 unspecified atom stereocenters. The Bertz CT molecular complexity index is 1780. The maximum Gasteiger partial charge on any atom is 0.263 e. The van der Waals surface area contributed by atoms with Crippen LogP contribution in [0.15, 0.2) is 93.3 Å². The Hall–Kier alpha value is -4.28. The molecule has 0 fully saturated rings. The highest BCUT2D eigenvalue weighted by Crippen LogP contribution is 2.34. The molecule has 11 heteroatoms. The largest absolute Gasteiger partial charge is 0.497 e. The Kier molecular flexibility index (Phi) is 6.36. The van der Waals surface area contributed by atoms with Gasteiger partial charge in [0.15, 0.2) is 5.82 Å². The zero-order chi connectivity index (χ0) is 26.2. The van der Waals surface area contributed by atoms with Crippen molar-refractivity contribution in [3.05, 3.63) is 94.4 Å². The molecule has 0 amide bonds. The molecule has 37 heavy (non-hydrogen) atoms. The molecule has 0 aliphatic heterocycles. The monoisotopic (exact) mass is 537 g/mol. The van der Waals surface area contributed by atoms with Crippen LogP contribution in [0.4, 0.5) is 5.82 Å². The van der Waals surface area contributed by atoms with Gasteiger partial charge in [0, 0.05) is 22.5 Å². The summed E-state index contributed by atoms with van der Waals surface area (Å²) in [5.74, 6) is 1.11. The summed E-state index contributed by atoms with van der Waals surface area (Å²) < 4.78 is 45.1. The van der Waals surface area contributed by atoms with Crippen molar-refractivity contribution in [1.29, 1.82) is 0 Å². The van der Waals surface area contributed by atoms with Crippen molar-refractivity contribution >= 4 is 38.3 Å². The predicted octanol–water partition coefficient (Wildman–Crippen LogP) is 5.12. The molecular formula is C26H20ClN3O6S. The summed E-state index contributed by atoms with van der Waals surface area (Å²) in [5.41, 5.74) is 2.31. The number of benzene rings is 3. The molecule has 0 radical (unpaired) electrons. The highest BCUT2D eigenvalue weighted by Gasteiger charge is 2.18. The number of pyridine rings is 1. The molecule has 5 rings (SSSR count). The molecule has 2 heterocycles. The van der Waals surface area contributed by atoms with Crippen LogP contribution in [0.2, 0.25) is 5.02 Å². The third kappa shape index (κ3) is 4.76. The second-order valence-corrected chi connectivity index (χ2v) is 10.1. The first-order valence-electron chi connectivity index (χ1n) is 10.9. The minimum Gasteiger partial charge on any atom is -0.497 e. The molecule has 5 aromatic rings. The number of sulfonamides is 1. The number of methoxy groups -OCH3 is 2. The molecule has 0 saturated carbocycles. The van der Waals surface area contributed by atoms with E-state index in [0.29, 0.717) is 33.1 Å². The van der Waals surface area contributed by atoms with Gasteiger partial charge in [-0.3, -0.25) is 14.1 Å². The Morgan fingerprint density at radius 3 is 2.49 bits per heavy atom. The molecule has 0 saturated heterocycles. The summed E-state index contributed by atoms with van der Waals surface area (Å²) in [7, 11) is -0.852. The second kappa shape index (κ2) is 9.64. The molecule has 2 aromatic heterocycles. The van der Waals surface area contributed by atoms with Gasteiger partial charge in [-0.15, -0.1) is 0 Å². The first-order valence-corrected chi connectivity index (χ1v) is 12.8. The lowest BCUT2D eigenvalue weighted by atomic mass is 10.0. The minimum atomic E-state index is -3.93. The van der Waals surface area contributed by atoms with E-state index in [4.69, 9.17) is 21.1 Å². The van der Waals surface area contributed by atoms with Crippen molar-refractivity contribution < 1.29 is 22.4 Å².